The molecule has 0 aliphatic rings. The summed E-state index contributed by atoms with van der Waals surface area (Å²) < 4.78 is 1.50. The highest BCUT2D eigenvalue weighted by Crippen LogP contribution is 2.02. The summed E-state index contributed by atoms with van der Waals surface area (Å²) in [5.74, 6) is -0.189. The number of hydrogen-bond donors (Lipinski definition) is 1. The Kier molecular flexibility index (Phi) is 2.45. The molecule has 76 valence electrons. The Morgan fingerprint density at radius 1 is 1.53 bits per heavy atom. The van der Waals surface area contributed by atoms with Crippen molar-refractivity contribution in [3.8, 4) is 0 Å². The number of carbonyl (C=O) groups is 1. The lowest BCUT2D eigenvalue weighted by molar-refractivity contribution is 0.0950. The zero-order valence-corrected chi connectivity index (χ0v) is 8.05. The van der Waals surface area contributed by atoms with Gasteiger partial charge in [0.15, 0.2) is 5.65 Å². The van der Waals surface area contributed by atoms with Gasteiger partial charge in [-0.1, -0.05) is 6.08 Å². The van der Waals surface area contributed by atoms with Gasteiger partial charge in [-0.05, 0) is 6.07 Å². The minimum absolute atomic E-state index is 0.189. The molecule has 2 aromatic rings. The van der Waals surface area contributed by atoms with Gasteiger partial charge >= 0.3 is 0 Å². The average molecular weight is 202 g/mol. The van der Waals surface area contributed by atoms with Crippen molar-refractivity contribution in [1.29, 1.82) is 0 Å². The first kappa shape index (κ1) is 9.39. The van der Waals surface area contributed by atoms with Crippen LogP contribution in [0.25, 0.3) is 5.65 Å². The molecule has 5 nitrogen and oxygen atoms in total. The van der Waals surface area contributed by atoms with E-state index in [2.05, 4.69) is 22.0 Å². The monoisotopic (exact) mass is 202 g/mol. The summed E-state index contributed by atoms with van der Waals surface area (Å²) >= 11 is 0. The molecule has 0 unspecified atom stereocenters. The number of amides is 1. The van der Waals surface area contributed by atoms with Gasteiger partial charge in [0.25, 0.3) is 5.91 Å². The van der Waals surface area contributed by atoms with Crippen molar-refractivity contribution in [2.24, 2.45) is 0 Å². The minimum Gasteiger partial charge on any atom is -0.347 e. The summed E-state index contributed by atoms with van der Waals surface area (Å²) in [6.07, 6.45) is 4.81. The average Bonchev–Trinajstić information content (AvgIpc) is 2.73. The van der Waals surface area contributed by atoms with E-state index in [1.54, 1.807) is 30.6 Å². The highest BCUT2D eigenvalue weighted by molar-refractivity contribution is 5.92. The molecule has 15 heavy (non-hydrogen) atoms. The van der Waals surface area contributed by atoms with Crippen LogP contribution in [0.5, 0.6) is 0 Å². The topological polar surface area (TPSA) is 59.3 Å². The SMILES string of the molecule is C=CCNC(=O)c1ccnc2ccnn12. The number of fused-ring (bicyclic) bond motifs is 1. The highest BCUT2D eigenvalue weighted by atomic mass is 16.1. The van der Waals surface area contributed by atoms with Crippen LogP contribution < -0.4 is 5.32 Å². The fourth-order valence-corrected chi connectivity index (χ4v) is 1.26. The van der Waals surface area contributed by atoms with E-state index in [-0.39, 0.29) is 5.91 Å². The van der Waals surface area contributed by atoms with E-state index < -0.39 is 0 Å². The number of nitrogens with one attached hydrogen (secondary N) is 1. The molecule has 0 saturated carbocycles. The van der Waals surface area contributed by atoms with E-state index >= 15 is 0 Å². The summed E-state index contributed by atoms with van der Waals surface area (Å²) in [7, 11) is 0. The fourth-order valence-electron chi connectivity index (χ4n) is 1.26. The highest BCUT2D eigenvalue weighted by Gasteiger charge is 2.09. The standard InChI is InChI=1S/C10H10N4O/c1-2-5-12-10(15)8-3-6-11-9-4-7-13-14(8)9/h2-4,6-7H,1,5H2,(H,12,15). The molecule has 1 amide bonds. The predicted octanol–water partition coefficient (Wildman–Crippen LogP) is 0.645. The molecule has 0 atom stereocenters. The third kappa shape index (κ3) is 1.71. The molecule has 0 aliphatic carbocycles. The van der Waals surface area contributed by atoms with Crippen molar-refractivity contribution in [3.05, 3.63) is 42.9 Å². The second-order valence-electron chi connectivity index (χ2n) is 2.93. The first-order valence-electron chi connectivity index (χ1n) is 4.51. The Labute approximate surface area is 86.4 Å². The van der Waals surface area contributed by atoms with Gasteiger partial charge in [-0.15, -0.1) is 6.58 Å². The molecule has 2 aromatic heterocycles. The van der Waals surface area contributed by atoms with Crippen LogP contribution in [0.1, 0.15) is 10.5 Å². The van der Waals surface area contributed by atoms with Gasteiger partial charge in [0.2, 0.25) is 0 Å². The third-order valence-electron chi connectivity index (χ3n) is 1.93. The summed E-state index contributed by atoms with van der Waals surface area (Å²) in [5.41, 5.74) is 1.12. The Hall–Kier alpha value is -2.17. The predicted molar refractivity (Wildman–Crippen MR) is 55.5 cm³/mol. The molecule has 2 heterocycles. The number of aromatic nitrogens is 3. The smallest absolute Gasteiger partial charge is 0.270 e. The van der Waals surface area contributed by atoms with Gasteiger partial charge in [-0.25, -0.2) is 9.50 Å². The molecular formula is C10H10N4O. The van der Waals surface area contributed by atoms with E-state index in [9.17, 15) is 4.79 Å². The molecule has 0 aromatic carbocycles. The molecule has 0 spiro atoms. The zero-order chi connectivity index (χ0) is 10.7. The van der Waals surface area contributed by atoms with Crippen LogP contribution in [0.2, 0.25) is 0 Å². The van der Waals surface area contributed by atoms with Crippen LogP contribution in [-0.4, -0.2) is 27.0 Å². The molecular weight excluding hydrogens is 192 g/mol. The van der Waals surface area contributed by atoms with Crippen molar-refractivity contribution >= 4 is 11.6 Å². The van der Waals surface area contributed by atoms with Crippen LogP contribution in [0, 0.1) is 0 Å². The summed E-state index contributed by atoms with van der Waals surface area (Å²) in [6.45, 7) is 3.96. The third-order valence-corrected chi connectivity index (χ3v) is 1.93. The first-order chi connectivity index (χ1) is 7.33. The van der Waals surface area contributed by atoms with Gasteiger partial charge in [-0.3, -0.25) is 4.79 Å². The van der Waals surface area contributed by atoms with E-state index in [0.29, 0.717) is 17.9 Å². The number of carbonyl (C=O) groups excluding carboxylic acids is 1. The minimum atomic E-state index is -0.189. The van der Waals surface area contributed by atoms with Gasteiger partial charge < -0.3 is 5.32 Å². The van der Waals surface area contributed by atoms with E-state index in [1.165, 1.54) is 4.52 Å². The maximum atomic E-state index is 11.7. The second kappa shape index (κ2) is 3.91. The summed E-state index contributed by atoms with van der Waals surface area (Å²) in [4.78, 5) is 15.7. The van der Waals surface area contributed by atoms with E-state index in [0.717, 1.165) is 0 Å². The molecule has 0 saturated heterocycles. The summed E-state index contributed by atoms with van der Waals surface area (Å²) in [6, 6.07) is 3.36. The molecule has 0 aliphatic heterocycles. The Balaban J connectivity index is 2.38. The van der Waals surface area contributed by atoms with E-state index in [1.807, 2.05) is 0 Å². The number of rotatable bonds is 3. The van der Waals surface area contributed by atoms with Crippen LogP contribution in [0.15, 0.2) is 37.2 Å². The van der Waals surface area contributed by atoms with Crippen LogP contribution >= 0.6 is 0 Å². The first-order valence-corrected chi connectivity index (χ1v) is 4.51. The number of nitrogens with zero attached hydrogens (tertiary/aromatic N) is 3. The lowest BCUT2D eigenvalue weighted by Crippen LogP contribution is -2.25. The van der Waals surface area contributed by atoms with Gasteiger partial charge in [-0.2, -0.15) is 5.10 Å². The molecule has 0 bridgehead atoms. The van der Waals surface area contributed by atoms with Gasteiger partial charge in [0.05, 0.1) is 6.20 Å². The van der Waals surface area contributed by atoms with Gasteiger partial charge in [0, 0.05) is 18.8 Å². The maximum Gasteiger partial charge on any atom is 0.270 e. The number of hydrogen-bond acceptors (Lipinski definition) is 3. The lowest BCUT2D eigenvalue weighted by Gasteiger charge is -2.03. The Bertz CT molecular complexity index is 503. The molecule has 0 fully saturated rings. The molecule has 1 N–H and O–H groups in total. The van der Waals surface area contributed by atoms with Crippen molar-refractivity contribution in [2.75, 3.05) is 6.54 Å². The zero-order valence-electron chi connectivity index (χ0n) is 8.05. The maximum absolute atomic E-state index is 11.7. The normalized spacial score (nSPS) is 10.1. The quantitative estimate of drug-likeness (QED) is 0.743. The molecule has 0 radical (unpaired) electrons. The van der Waals surface area contributed by atoms with Crippen molar-refractivity contribution in [1.82, 2.24) is 19.9 Å². The second-order valence-corrected chi connectivity index (χ2v) is 2.93. The largest absolute Gasteiger partial charge is 0.347 e. The fraction of sp³-hybridized carbons (Fsp3) is 0.100. The van der Waals surface area contributed by atoms with Crippen molar-refractivity contribution < 1.29 is 4.79 Å². The van der Waals surface area contributed by atoms with Crippen LogP contribution in [0.3, 0.4) is 0 Å². The van der Waals surface area contributed by atoms with Crippen LogP contribution in [-0.2, 0) is 0 Å². The lowest BCUT2D eigenvalue weighted by atomic mass is 10.3. The van der Waals surface area contributed by atoms with E-state index in [4.69, 9.17) is 0 Å². The van der Waals surface area contributed by atoms with Crippen molar-refractivity contribution in [3.63, 3.8) is 0 Å². The Morgan fingerprint density at radius 3 is 3.20 bits per heavy atom. The van der Waals surface area contributed by atoms with Crippen molar-refractivity contribution in [2.45, 2.75) is 0 Å². The Morgan fingerprint density at radius 2 is 2.40 bits per heavy atom. The van der Waals surface area contributed by atoms with Gasteiger partial charge in [0.1, 0.15) is 5.69 Å². The molecule has 5 heteroatoms. The van der Waals surface area contributed by atoms with Crippen LogP contribution in [0.4, 0.5) is 0 Å². The summed E-state index contributed by atoms with van der Waals surface area (Å²) in [5, 5.41) is 6.70. The molecule has 2 rings (SSSR count).